The lowest BCUT2D eigenvalue weighted by molar-refractivity contribution is -0.137. The summed E-state index contributed by atoms with van der Waals surface area (Å²) in [4.78, 5) is 10.9. The van der Waals surface area contributed by atoms with Gasteiger partial charge in [-0.3, -0.25) is 4.79 Å². The van der Waals surface area contributed by atoms with Gasteiger partial charge < -0.3 is 5.11 Å². The van der Waals surface area contributed by atoms with Gasteiger partial charge in [0.05, 0.1) is 12.5 Å². The zero-order valence-electron chi connectivity index (χ0n) is 12.5. The molecule has 112 valence electrons. The van der Waals surface area contributed by atoms with E-state index in [1.54, 1.807) is 4.68 Å². The molecule has 1 aliphatic rings. The molecular weight excluding hydrogens is 256 g/mol. The molecule has 1 aromatic heterocycles. The third-order valence-corrected chi connectivity index (χ3v) is 4.21. The molecule has 0 spiro atoms. The Hall–Kier alpha value is -1.46. The van der Waals surface area contributed by atoms with Crippen LogP contribution < -0.4 is 0 Å². The summed E-state index contributed by atoms with van der Waals surface area (Å²) in [6.45, 7) is 6.30. The minimum absolute atomic E-state index is 0.0322. The van der Waals surface area contributed by atoms with Crippen LogP contribution in [0.5, 0.6) is 0 Å². The fourth-order valence-electron chi connectivity index (χ4n) is 3.53. The molecule has 1 atom stereocenters. The number of carbonyl (C=O) groups is 1. The van der Waals surface area contributed by atoms with E-state index in [1.165, 1.54) is 12.8 Å². The Morgan fingerprint density at radius 2 is 2.00 bits per heavy atom. The van der Waals surface area contributed by atoms with Crippen LogP contribution >= 0.6 is 0 Å². The predicted molar refractivity (Wildman–Crippen MR) is 74.4 cm³/mol. The highest BCUT2D eigenvalue weighted by Crippen LogP contribution is 2.45. The fourth-order valence-corrected chi connectivity index (χ4v) is 3.53. The van der Waals surface area contributed by atoms with Crippen LogP contribution in [0, 0.1) is 5.92 Å². The highest BCUT2D eigenvalue weighted by Gasteiger charge is 2.41. The minimum Gasteiger partial charge on any atom is -0.481 e. The Morgan fingerprint density at radius 1 is 1.35 bits per heavy atom. The van der Waals surface area contributed by atoms with Gasteiger partial charge in [-0.15, -0.1) is 5.10 Å². The summed E-state index contributed by atoms with van der Waals surface area (Å²) in [6, 6.07) is -0.206. The van der Waals surface area contributed by atoms with Crippen LogP contribution in [0.1, 0.15) is 71.2 Å². The van der Waals surface area contributed by atoms with Crippen molar-refractivity contribution in [1.82, 2.24) is 20.2 Å². The largest absolute Gasteiger partial charge is 0.481 e. The normalized spacial score (nSPS) is 19.4. The van der Waals surface area contributed by atoms with Crippen LogP contribution in [0.15, 0.2) is 0 Å². The Balaban J connectivity index is 2.30. The molecule has 1 N–H and O–H groups in total. The first kappa shape index (κ1) is 14.9. The smallest absolute Gasteiger partial charge is 0.305 e. The summed E-state index contributed by atoms with van der Waals surface area (Å²) in [7, 11) is 0. The van der Waals surface area contributed by atoms with Gasteiger partial charge in [0.1, 0.15) is 0 Å². The topological polar surface area (TPSA) is 80.9 Å². The third kappa shape index (κ3) is 2.99. The average Bonchev–Trinajstić information content (AvgIpc) is 2.95. The maximum absolute atomic E-state index is 10.9. The molecule has 1 heterocycles. The molecule has 1 unspecified atom stereocenters. The van der Waals surface area contributed by atoms with Crippen molar-refractivity contribution < 1.29 is 9.90 Å². The van der Waals surface area contributed by atoms with Crippen LogP contribution in [-0.4, -0.2) is 31.3 Å². The van der Waals surface area contributed by atoms with E-state index in [0.29, 0.717) is 5.92 Å². The molecule has 0 saturated heterocycles. The van der Waals surface area contributed by atoms with E-state index in [9.17, 15) is 4.79 Å². The first-order chi connectivity index (χ1) is 9.44. The van der Waals surface area contributed by atoms with Crippen LogP contribution in [0.4, 0.5) is 0 Å². The van der Waals surface area contributed by atoms with Crippen molar-refractivity contribution in [1.29, 1.82) is 0 Å². The summed E-state index contributed by atoms with van der Waals surface area (Å²) < 4.78 is 1.74. The fraction of sp³-hybridized carbons (Fsp3) is 0.857. The summed E-state index contributed by atoms with van der Waals surface area (Å²) in [5, 5.41) is 21.1. The molecule has 1 saturated carbocycles. The van der Waals surface area contributed by atoms with E-state index in [4.69, 9.17) is 5.11 Å². The molecule has 1 aliphatic carbocycles. The van der Waals surface area contributed by atoms with Gasteiger partial charge in [0.2, 0.25) is 0 Å². The van der Waals surface area contributed by atoms with Gasteiger partial charge >= 0.3 is 5.97 Å². The van der Waals surface area contributed by atoms with Crippen molar-refractivity contribution in [3.8, 4) is 0 Å². The van der Waals surface area contributed by atoms with Crippen LogP contribution in [-0.2, 0) is 10.2 Å². The van der Waals surface area contributed by atoms with Gasteiger partial charge in [0.15, 0.2) is 5.82 Å². The number of carboxylic acids is 1. The van der Waals surface area contributed by atoms with E-state index in [1.807, 2.05) is 6.92 Å². The van der Waals surface area contributed by atoms with E-state index in [-0.39, 0.29) is 17.9 Å². The molecule has 1 aromatic rings. The molecule has 20 heavy (non-hydrogen) atoms. The number of aliphatic carboxylic acids is 1. The predicted octanol–water partition coefficient (Wildman–Crippen LogP) is 2.57. The number of carboxylic acid groups (broad SMARTS) is 1. The van der Waals surface area contributed by atoms with Crippen molar-refractivity contribution in [2.45, 2.75) is 70.8 Å². The monoisotopic (exact) mass is 280 g/mol. The van der Waals surface area contributed by atoms with E-state index >= 15 is 0 Å². The van der Waals surface area contributed by atoms with Crippen molar-refractivity contribution in [3.63, 3.8) is 0 Å². The molecule has 2 rings (SSSR count). The molecule has 6 heteroatoms. The zero-order valence-corrected chi connectivity index (χ0v) is 12.5. The molecule has 0 aliphatic heterocycles. The second kappa shape index (κ2) is 5.89. The lowest BCUT2D eigenvalue weighted by atomic mass is 9.77. The van der Waals surface area contributed by atoms with Crippen molar-refractivity contribution >= 4 is 5.97 Å². The maximum Gasteiger partial charge on any atom is 0.305 e. The lowest BCUT2D eigenvalue weighted by Crippen LogP contribution is -2.30. The number of rotatable bonds is 6. The summed E-state index contributed by atoms with van der Waals surface area (Å²) in [6.07, 6.45) is 5.72. The average molecular weight is 280 g/mol. The van der Waals surface area contributed by atoms with Crippen LogP contribution in [0.25, 0.3) is 0 Å². The van der Waals surface area contributed by atoms with Gasteiger partial charge in [-0.2, -0.15) is 0 Å². The molecule has 1 fully saturated rings. The van der Waals surface area contributed by atoms with Crippen molar-refractivity contribution in [3.05, 3.63) is 5.82 Å². The SMILES string of the molecule is CC(C)CC1(c2nnnn2C(C)CC(=O)O)CCCC1. The lowest BCUT2D eigenvalue weighted by Gasteiger charge is -2.30. The molecule has 0 amide bonds. The van der Waals surface area contributed by atoms with Crippen molar-refractivity contribution in [2.75, 3.05) is 0 Å². The standard InChI is InChI=1S/C14H24N4O2/c1-10(2)9-14(6-4-5-7-14)13-15-16-17-18(13)11(3)8-12(19)20/h10-11H,4-9H2,1-3H3,(H,19,20). The number of tetrazole rings is 1. The second-order valence-electron chi connectivity index (χ2n) is 6.48. The summed E-state index contributed by atoms with van der Waals surface area (Å²) in [5.74, 6) is 0.647. The minimum atomic E-state index is -0.816. The highest BCUT2D eigenvalue weighted by atomic mass is 16.4. The summed E-state index contributed by atoms with van der Waals surface area (Å²) >= 11 is 0. The quantitative estimate of drug-likeness (QED) is 0.866. The van der Waals surface area contributed by atoms with Crippen LogP contribution in [0.2, 0.25) is 0 Å². The number of hydrogen-bond acceptors (Lipinski definition) is 4. The maximum atomic E-state index is 10.9. The molecule has 6 nitrogen and oxygen atoms in total. The van der Waals surface area contributed by atoms with Crippen LogP contribution in [0.3, 0.4) is 0 Å². The number of hydrogen-bond donors (Lipinski definition) is 1. The Kier molecular flexibility index (Phi) is 4.40. The third-order valence-electron chi connectivity index (χ3n) is 4.21. The van der Waals surface area contributed by atoms with Gasteiger partial charge in [-0.25, -0.2) is 4.68 Å². The zero-order chi connectivity index (χ0) is 14.8. The number of aromatic nitrogens is 4. The van der Waals surface area contributed by atoms with E-state index < -0.39 is 5.97 Å². The molecule has 0 radical (unpaired) electrons. The second-order valence-corrected chi connectivity index (χ2v) is 6.48. The molecular formula is C14H24N4O2. The Bertz CT molecular complexity index is 463. The van der Waals surface area contributed by atoms with Gasteiger partial charge in [-0.05, 0) is 42.5 Å². The van der Waals surface area contributed by atoms with E-state index in [2.05, 4.69) is 29.4 Å². The first-order valence-electron chi connectivity index (χ1n) is 7.45. The number of nitrogens with zero attached hydrogens (tertiary/aromatic N) is 4. The van der Waals surface area contributed by atoms with Gasteiger partial charge in [0, 0.05) is 5.41 Å². The molecule has 0 aromatic carbocycles. The van der Waals surface area contributed by atoms with Gasteiger partial charge in [-0.1, -0.05) is 26.7 Å². The molecule has 0 bridgehead atoms. The first-order valence-corrected chi connectivity index (χ1v) is 7.45. The Labute approximate surface area is 119 Å². The van der Waals surface area contributed by atoms with Gasteiger partial charge in [0.25, 0.3) is 0 Å². The Morgan fingerprint density at radius 3 is 2.55 bits per heavy atom. The highest BCUT2D eigenvalue weighted by molar-refractivity contribution is 5.67. The summed E-state index contributed by atoms with van der Waals surface area (Å²) in [5.41, 5.74) is 0.0322. The van der Waals surface area contributed by atoms with E-state index in [0.717, 1.165) is 25.1 Å². The van der Waals surface area contributed by atoms with Crippen molar-refractivity contribution in [2.24, 2.45) is 5.92 Å².